The molecule has 0 fully saturated rings. The number of carbonyl (C=O) groups is 2. The highest BCUT2D eigenvalue weighted by Crippen LogP contribution is 2.30. The van der Waals surface area contributed by atoms with Crippen molar-refractivity contribution in [3.05, 3.63) is 48.0 Å². The molecule has 8 heteroatoms. The van der Waals surface area contributed by atoms with Crippen molar-refractivity contribution in [3.8, 4) is 11.3 Å². The van der Waals surface area contributed by atoms with Crippen LogP contribution in [-0.2, 0) is 4.79 Å². The van der Waals surface area contributed by atoms with Crippen molar-refractivity contribution in [2.24, 2.45) is 5.73 Å². The predicted molar refractivity (Wildman–Crippen MR) is 108 cm³/mol. The lowest BCUT2D eigenvalue weighted by Gasteiger charge is -2.10. The number of nitrogens with zero attached hydrogens (tertiary/aromatic N) is 2. The van der Waals surface area contributed by atoms with Crippen molar-refractivity contribution in [2.75, 3.05) is 16.9 Å². The van der Waals surface area contributed by atoms with Gasteiger partial charge >= 0.3 is 0 Å². The maximum atomic E-state index is 11.6. The third-order valence-corrected chi connectivity index (χ3v) is 4.74. The molecule has 1 aromatic heterocycles. The highest BCUT2D eigenvalue weighted by atomic mass is 79.9. The summed E-state index contributed by atoms with van der Waals surface area (Å²) in [7, 11) is 0. The summed E-state index contributed by atoms with van der Waals surface area (Å²) in [5, 5.41) is 4.36. The summed E-state index contributed by atoms with van der Waals surface area (Å²) in [6, 6.07) is 12.5. The Morgan fingerprint density at radius 1 is 1.19 bits per heavy atom. The molecule has 0 atom stereocenters. The molecule has 26 heavy (non-hydrogen) atoms. The molecule has 0 radical (unpaired) electrons. The molecule has 0 aliphatic carbocycles. The molecule has 0 saturated carbocycles. The van der Waals surface area contributed by atoms with Crippen molar-refractivity contribution >= 4 is 56.1 Å². The number of thioether (sulfide) groups is 1. The van der Waals surface area contributed by atoms with Gasteiger partial charge in [-0.15, -0.1) is 0 Å². The van der Waals surface area contributed by atoms with Crippen LogP contribution in [0.15, 0.2) is 47.6 Å². The molecule has 3 aromatic rings. The molecule has 3 N–H and O–H groups in total. The van der Waals surface area contributed by atoms with Gasteiger partial charge in [-0.2, -0.15) is 0 Å². The number of nitrogens with one attached hydrogen (secondary N) is 1. The second-order valence-electron chi connectivity index (χ2n) is 5.42. The number of hydrogen-bond donors (Lipinski definition) is 2. The summed E-state index contributed by atoms with van der Waals surface area (Å²) in [5.41, 5.74) is 8.67. The number of rotatable bonds is 5. The van der Waals surface area contributed by atoms with E-state index in [4.69, 9.17) is 5.73 Å². The van der Waals surface area contributed by atoms with Crippen molar-refractivity contribution in [2.45, 2.75) is 5.16 Å². The molecule has 0 saturated heterocycles. The Balaban J connectivity index is 2.19. The Hall–Kier alpha value is -2.45. The van der Waals surface area contributed by atoms with Crippen LogP contribution in [0.25, 0.3) is 22.2 Å². The largest absolute Gasteiger partial charge is 0.366 e. The average molecular weight is 431 g/mol. The van der Waals surface area contributed by atoms with Crippen molar-refractivity contribution in [1.82, 2.24) is 9.97 Å². The van der Waals surface area contributed by atoms with E-state index in [0.29, 0.717) is 22.1 Å². The minimum atomic E-state index is -0.509. The van der Waals surface area contributed by atoms with Crippen molar-refractivity contribution < 1.29 is 9.59 Å². The van der Waals surface area contributed by atoms with Crippen LogP contribution in [-0.4, -0.2) is 33.4 Å². The first kappa shape index (κ1) is 18.3. The zero-order chi connectivity index (χ0) is 18.7. The van der Waals surface area contributed by atoms with Gasteiger partial charge in [0.05, 0.1) is 16.5 Å². The molecule has 0 aliphatic rings. The first-order valence-corrected chi connectivity index (χ1v) is 9.98. The van der Waals surface area contributed by atoms with Crippen LogP contribution < -0.4 is 11.1 Å². The topological polar surface area (TPSA) is 98.0 Å². The molecule has 132 valence electrons. The van der Waals surface area contributed by atoms with E-state index >= 15 is 0 Å². The molecule has 2 aromatic carbocycles. The summed E-state index contributed by atoms with van der Waals surface area (Å²) >= 11 is 4.56. The van der Waals surface area contributed by atoms with Gasteiger partial charge in [-0.05, 0) is 36.6 Å². The standard InChI is InChI=1S/C18H15BrN4O2S/c1-26-18-22-14-6-5-11(17(20)25)8-13(14)16(23-18)10-3-2-4-12(7-10)21-15(24)9-19/h2-8H,9H2,1H3,(H2,20,25)(H,21,24). The molecule has 6 nitrogen and oxygen atoms in total. The fourth-order valence-corrected chi connectivity index (χ4v) is 3.02. The van der Waals surface area contributed by atoms with Gasteiger partial charge < -0.3 is 11.1 Å². The molecule has 2 amide bonds. The van der Waals surface area contributed by atoms with Gasteiger partial charge in [0.25, 0.3) is 0 Å². The summed E-state index contributed by atoms with van der Waals surface area (Å²) < 4.78 is 0. The Kier molecular flexibility index (Phi) is 5.53. The number of fused-ring (bicyclic) bond motifs is 1. The Morgan fingerprint density at radius 2 is 2.00 bits per heavy atom. The Bertz CT molecular complexity index is 1010. The number of hydrogen-bond acceptors (Lipinski definition) is 5. The van der Waals surface area contributed by atoms with Crippen LogP contribution in [0, 0.1) is 0 Å². The zero-order valence-corrected chi connectivity index (χ0v) is 16.2. The number of carbonyl (C=O) groups excluding carboxylic acids is 2. The van der Waals surface area contributed by atoms with Crippen molar-refractivity contribution in [1.29, 1.82) is 0 Å². The second kappa shape index (κ2) is 7.84. The van der Waals surface area contributed by atoms with E-state index < -0.39 is 5.91 Å². The van der Waals surface area contributed by atoms with Crippen LogP contribution in [0.2, 0.25) is 0 Å². The van der Waals surface area contributed by atoms with E-state index in [1.165, 1.54) is 11.8 Å². The van der Waals surface area contributed by atoms with Crippen LogP contribution >= 0.6 is 27.7 Å². The minimum absolute atomic E-state index is 0.143. The lowest BCUT2D eigenvalue weighted by Crippen LogP contribution is -2.12. The van der Waals surface area contributed by atoms with Crippen LogP contribution in [0.1, 0.15) is 10.4 Å². The van der Waals surface area contributed by atoms with E-state index in [0.717, 1.165) is 16.5 Å². The van der Waals surface area contributed by atoms with Crippen LogP contribution in [0.5, 0.6) is 0 Å². The lowest BCUT2D eigenvalue weighted by molar-refractivity contribution is -0.113. The molecular formula is C18H15BrN4O2S. The number of primary amides is 1. The Labute approximate surface area is 162 Å². The molecule has 1 heterocycles. The number of nitrogens with two attached hydrogens (primary N) is 1. The molecular weight excluding hydrogens is 416 g/mol. The molecule has 3 rings (SSSR count). The summed E-state index contributed by atoms with van der Waals surface area (Å²) in [4.78, 5) is 32.3. The van der Waals surface area contributed by atoms with E-state index in [1.807, 2.05) is 24.5 Å². The predicted octanol–water partition coefficient (Wildman–Crippen LogP) is 3.45. The van der Waals surface area contributed by atoms with E-state index in [9.17, 15) is 9.59 Å². The third-order valence-electron chi connectivity index (χ3n) is 3.68. The smallest absolute Gasteiger partial charge is 0.248 e. The van der Waals surface area contributed by atoms with Gasteiger partial charge in [-0.25, -0.2) is 9.97 Å². The van der Waals surface area contributed by atoms with E-state index in [2.05, 4.69) is 31.2 Å². The van der Waals surface area contributed by atoms with Crippen LogP contribution in [0.4, 0.5) is 5.69 Å². The van der Waals surface area contributed by atoms with Gasteiger partial charge in [-0.1, -0.05) is 39.8 Å². The number of alkyl halides is 1. The number of aromatic nitrogens is 2. The van der Waals surface area contributed by atoms with Gasteiger partial charge in [0.1, 0.15) is 0 Å². The molecule has 0 aliphatic heterocycles. The fourth-order valence-electron chi connectivity index (χ4n) is 2.51. The summed E-state index contributed by atoms with van der Waals surface area (Å²) in [5.74, 6) is -0.652. The number of anilines is 1. The number of amides is 2. The van der Waals surface area contributed by atoms with Gasteiger partial charge in [0, 0.05) is 22.2 Å². The Morgan fingerprint density at radius 3 is 2.69 bits per heavy atom. The van der Waals surface area contributed by atoms with Gasteiger partial charge in [0.2, 0.25) is 11.8 Å². The molecule has 0 spiro atoms. The first-order valence-electron chi connectivity index (χ1n) is 7.63. The van der Waals surface area contributed by atoms with Gasteiger partial charge in [0.15, 0.2) is 5.16 Å². The second-order valence-corrected chi connectivity index (χ2v) is 6.75. The van der Waals surface area contributed by atoms with Crippen molar-refractivity contribution in [3.63, 3.8) is 0 Å². The highest BCUT2D eigenvalue weighted by molar-refractivity contribution is 9.09. The van der Waals surface area contributed by atoms with E-state index in [1.54, 1.807) is 24.3 Å². The normalized spacial score (nSPS) is 10.7. The zero-order valence-electron chi connectivity index (χ0n) is 13.8. The molecule has 0 bridgehead atoms. The summed E-state index contributed by atoms with van der Waals surface area (Å²) in [6.07, 6.45) is 1.90. The van der Waals surface area contributed by atoms with Gasteiger partial charge in [-0.3, -0.25) is 9.59 Å². The first-order chi connectivity index (χ1) is 12.5. The number of benzene rings is 2. The SMILES string of the molecule is CSc1nc(-c2cccc(NC(=O)CBr)c2)c2cc(C(N)=O)ccc2n1. The van der Waals surface area contributed by atoms with Crippen LogP contribution in [0.3, 0.4) is 0 Å². The quantitative estimate of drug-likeness (QED) is 0.366. The lowest BCUT2D eigenvalue weighted by atomic mass is 10.0. The monoisotopic (exact) mass is 430 g/mol. The highest BCUT2D eigenvalue weighted by Gasteiger charge is 2.13. The average Bonchev–Trinajstić information content (AvgIpc) is 2.66. The number of halogens is 1. The maximum absolute atomic E-state index is 11.6. The fraction of sp³-hybridized carbons (Fsp3) is 0.111. The minimum Gasteiger partial charge on any atom is -0.366 e. The molecule has 0 unspecified atom stereocenters. The third kappa shape index (κ3) is 3.86. The summed E-state index contributed by atoms with van der Waals surface area (Å²) in [6.45, 7) is 0. The maximum Gasteiger partial charge on any atom is 0.248 e. The van der Waals surface area contributed by atoms with E-state index in [-0.39, 0.29) is 11.2 Å².